The number of benzene rings is 1. The number of nitrogens with zero attached hydrogens (tertiary/aromatic N) is 1. The van der Waals surface area contributed by atoms with Crippen LogP contribution in [0, 0.1) is 0 Å². The molecule has 0 aromatic heterocycles. The highest BCUT2D eigenvalue weighted by molar-refractivity contribution is 5.81. The van der Waals surface area contributed by atoms with Crippen LogP contribution in [-0.4, -0.2) is 42.5 Å². The number of carbonyl (C=O) groups excluding carboxylic acids is 1. The van der Waals surface area contributed by atoms with Crippen molar-refractivity contribution >= 4 is 5.91 Å². The van der Waals surface area contributed by atoms with Gasteiger partial charge in [-0.05, 0) is 18.9 Å². The number of hydrogen-bond donors (Lipinski definition) is 2. The second-order valence-corrected chi connectivity index (χ2v) is 4.91. The van der Waals surface area contributed by atoms with Gasteiger partial charge in [0.15, 0.2) is 0 Å². The molecule has 1 fully saturated rings. The summed E-state index contributed by atoms with van der Waals surface area (Å²) in [7, 11) is 0. The summed E-state index contributed by atoms with van der Waals surface area (Å²) >= 11 is 0. The molecule has 0 aliphatic carbocycles. The molecule has 1 aromatic carbocycles. The summed E-state index contributed by atoms with van der Waals surface area (Å²) in [5, 5.41) is 3.46. The highest BCUT2D eigenvalue weighted by atomic mass is 16.2. The van der Waals surface area contributed by atoms with Gasteiger partial charge in [-0.1, -0.05) is 30.3 Å². The quantitative estimate of drug-likeness (QED) is 0.811. The van der Waals surface area contributed by atoms with Gasteiger partial charge in [-0.15, -0.1) is 0 Å². The molecular weight excluding hydrogens is 226 g/mol. The standard InChI is InChI=1S/C14H21N3O/c1-11(15)14(18)17-8-7-16-13(10-17)9-12-5-3-2-4-6-12/h2-6,11,13,16H,7-10,15H2,1H3. The van der Waals surface area contributed by atoms with Gasteiger partial charge in [-0.25, -0.2) is 0 Å². The van der Waals surface area contributed by atoms with Gasteiger partial charge >= 0.3 is 0 Å². The van der Waals surface area contributed by atoms with Crippen LogP contribution >= 0.6 is 0 Å². The molecule has 0 spiro atoms. The smallest absolute Gasteiger partial charge is 0.239 e. The summed E-state index contributed by atoms with van der Waals surface area (Å²) in [5.74, 6) is 0.0505. The van der Waals surface area contributed by atoms with E-state index in [2.05, 4.69) is 17.4 Å². The van der Waals surface area contributed by atoms with Gasteiger partial charge in [0.2, 0.25) is 5.91 Å². The fourth-order valence-electron chi connectivity index (χ4n) is 2.35. The molecule has 2 unspecified atom stereocenters. The van der Waals surface area contributed by atoms with E-state index in [-0.39, 0.29) is 5.91 Å². The first-order valence-electron chi connectivity index (χ1n) is 6.48. The number of amides is 1. The van der Waals surface area contributed by atoms with E-state index in [1.54, 1.807) is 6.92 Å². The van der Waals surface area contributed by atoms with Crippen molar-refractivity contribution in [2.75, 3.05) is 19.6 Å². The summed E-state index contributed by atoms with van der Waals surface area (Å²) < 4.78 is 0. The number of hydrogen-bond acceptors (Lipinski definition) is 3. The van der Waals surface area contributed by atoms with Crippen LogP contribution in [-0.2, 0) is 11.2 Å². The van der Waals surface area contributed by atoms with Crippen LogP contribution in [0.1, 0.15) is 12.5 Å². The van der Waals surface area contributed by atoms with Crippen molar-refractivity contribution < 1.29 is 4.79 Å². The second-order valence-electron chi connectivity index (χ2n) is 4.91. The Labute approximate surface area is 108 Å². The molecule has 1 aromatic rings. The molecule has 18 heavy (non-hydrogen) atoms. The van der Waals surface area contributed by atoms with Gasteiger partial charge in [0.25, 0.3) is 0 Å². The lowest BCUT2D eigenvalue weighted by molar-refractivity contribution is -0.133. The molecule has 4 heteroatoms. The first kappa shape index (κ1) is 13.1. The second kappa shape index (κ2) is 5.98. The van der Waals surface area contributed by atoms with Crippen LogP contribution in [0.25, 0.3) is 0 Å². The Hall–Kier alpha value is -1.39. The Morgan fingerprint density at radius 2 is 2.22 bits per heavy atom. The van der Waals surface area contributed by atoms with E-state index in [1.165, 1.54) is 5.56 Å². The van der Waals surface area contributed by atoms with E-state index in [4.69, 9.17) is 5.73 Å². The molecule has 1 aliphatic heterocycles. The molecule has 0 saturated carbocycles. The fourth-order valence-corrected chi connectivity index (χ4v) is 2.35. The monoisotopic (exact) mass is 247 g/mol. The van der Waals surface area contributed by atoms with E-state index in [0.717, 1.165) is 26.1 Å². The van der Waals surface area contributed by atoms with E-state index in [1.807, 2.05) is 23.1 Å². The number of rotatable bonds is 3. The van der Waals surface area contributed by atoms with Crippen LogP contribution in [0.4, 0.5) is 0 Å². The molecule has 1 saturated heterocycles. The maximum absolute atomic E-state index is 11.9. The molecular formula is C14H21N3O. The molecule has 3 N–H and O–H groups in total. The topological polar surface area (TPSA) is 58.4 Å². The molecule has 4 nitrogen and oxygen atoms in total. The largest absolute Gasteiger partial charge is 0.339 e. The third-order valence-electron chi connectivity index (χ3n) is 3.28. The lowest BCUT2D eigenvalue weighted by Crippen LogP contribution is -2.56. The van der Waals surface area contributed by atoms with E-state index in [0.29, 0.717) is 6.04 Å². The van der Waals surface area contributed by atoms with Crippen molar-refractivity contribution in [1.29, 1.82) is 0 Å². The first-order valence-corrected chi connectivity index (χ1v) is 6.48. The zero-order valence-corrected chi connectivity index (χ0v) is 10.8. The minimum atomic E-state index is -0.402. The Morgan fingerprint density at radius 1 is 1.50 bits per heavy atom. The fraction of sp³-hybridized carbons (Fsp3) is 0.500. The minimum absolute atomic E-state index is 0.0505. The van der Waals surface area contributed by atoms with Crippen LogP contribution < -0.4 is 11.1 Å². The first-order chi connectivity index (χ1) is 8.66. The zero-order chi connectivity index (χ0) is 13.0. The van der Waals surface area contributed by atoms with Crippen molar-refractivity contribution in [3.05, 3.63) is 35.9 Å². The summed E-state index contributed by atoms with van der Waals surface area (Å²) in [6.45, 7) is 4.09. The third-order valence-corrected chi connectivity index (χ3v) is 3.28. The van der Waals surface area contributed by atoms with Crippen LogP contribution in [0.15, 0.2) is 30.3 Å². The van der Waals surface area contributed by atoms with E-state index in [9.17, 15) is 4.79 Å². The van der Waals surface area contributed by atoms with Gasteiger partial charge in [-0.3, -0.25) is 4.79 Å². The number of nitrogens with one attached hydrogen (secondary N) is 1. The Bertz CT molecular complexity index is 391. The summed E-state index contributed by atoms with van der Waals surface area (Å²) in [6.07, 6.45) is 0.948. The number of nitrogens with two attached hydrogens (primary N) is 1. The average molecular weight is 247 g/mol. The SMILES string of the molecule is CC(N)C(=O)N1CCNC(Cc2ccccc2)C1. The highest BCUT2D eigenvalue weighted by Gasteiger charge is 2.24. The van der Waals surface area contributed by atoms with Crippen molar-refractivity contribution in [3.63, 3.8) is 0 Å². The van der Waals surface area contributed by atoms with E-state index < -0.39 is 6.04 Å². The Kier molecular flexibility index (Phi) is 4.33. The van der Waals surface area contributed by atoms with Gasteiger partial charge < -0.3 is 16.0 Å². The maximum atomic E-state index is 11.9. The average Bonchev–Trinajstić information content (AvgIpc) is 2.39. The van der Waals surface area contributed by atoms with Gasteiger partial charge in [-0.2, -0.15) is 0 Å². The normalized spacial score (nSPS) is 21.7. The van der Waals surface area contributed by atoms with Crippen LogP contribution in [0.5, 0.6) is 0 Å². The molecule has 1 aliphatic rings. The Morgan fingerprint density at radius 3 is 2.89 bits per heavy atom. The Balaban J connectivity index is 1.93. The summed E-state index contributed by atoms with van der Waals surface area (Å²) in [4.78, 5) is 13.7. The van der Waals surface area contributed by atoms with E-state index >= 15 is 0 Å². The molecule has 0 radical (unpaired) electrons. The summed E-state index contributed by atoms with van der Waals surface area (Å²) in [5.41, 5.74) is 6.95. The van der Waals surface area contributed by atoms with Gasteiger partial charge in [0.1, 0.15) is 0 Å². The minimum Gasteiger partial charge on any atom is -0.339 e. The van der Waals surface area contributed by atoms with Crippen molar-refractivity contribution in [2.24, 2.45) is 5.73 Å². The molecule has 98 valence electrons. The van der Waals surface area contributed by atoms with Gasteiger partial charge in [0.05, 0.1) is 6.04 Å². The third kappa shape index (κ3) is 3.31. The van der Waals surface area contributed by atoms with Crippen LogP contribution in [0.2, 0.25) is 0 Å². The van der Waals surface area contributed by atoms with Gasteiger partial charge in [0, 0.05) is 25.7 Å². The molecule has 1 amide bonds. The maximum Gasteiger partial charge on any atom is 0.239 e. The predicted molar refractivity (Wildman–Crippen MR) is 72.2 cm³/mol. The molecule has 0 bridgehead atoms. The predicted octanol–water partition coefficient (Wildman–Crippen LogP) is 0.377. The number of carbonyl (C=O) groups is 1. The van der Waals surface area contributed by atoms with Crippen molar-refractivity contribution in [3.8, 4) is 0 Å². The molecule has 2 atom stereocenters. The number of piperazine rings is 1. The van der Waals surface area contributed by atoms with Crippen molar-refractivity contribution in [2.45, 2.75) is 25.4 Å². The molecule has 2 rings (SSSR count). The lowest BCUT2D eigenvalue weighted by Gasteiger charge is -2.34. The van der Waals surface area contributed by atoms with Crippen LogP contribution in [0.3, 0.4) is 0 Å². The highest BCUT2D eigenvalue weighted by Crippen LogP contribution is 2.08. The lowest BCUT2D eigenvalue weighted by atomic mass is 10.0. The zero-order valence-electron chi connectivity index (χ0n) is 10.8. The van der Waals surface area contributed by atoms with Crippen molar-refractivity contribution in [1.82, 2.24) is 10.2 Å². The summed E-state index contributed by atoms with van der Waals surface area (Å²) in [6, 6.07) is 10.3. The molecule has 1 heterocycles.